The number of aromatic nitrogens is 4. The average Bonchev–Trinajstić information content (AvgIpc) is 3.23. The number of nitrogens with zero attached hydrogens (tertiary/aromatic N) is 5. The molecule has 4 rings (SSSR count). The van der Waals surface area contributed by atoms with Gasteiger partial charge in [-0.25, -0.2) is 9.67 Å². The standard InChI is InChI=1S/C25H27N5O/c1-4-19-7-9-20(10-8-19)16-29(17-21-6-5-11-26-13-21)25(31)23-12-22-15-28-30(18(2)3)24(22)27-14-23/h5-15,18H,4,16-17H2,1-3H3. The Labute approximate surface area is 182 Å². The van der Waals surface area contributed by atoms with Crippen molar-refractivity contribution in [3.8, 4) is 0 Å². The minimum Gasteiger partial charge on any atom is -0.330 e. The van der Waals surface area contributed by atoms with Crippen molar-refractivity contribution in [2.45, 2.75) is 46.3 Å². The first-order valence-corrected chi connectivity index (χ1v) is 10.6. The fraction of sp³-hybridized carbons (Fsp3) is 0.280. The summed E-state index contributed by atoms with van der Waals surface area (Å²) in [4.78, 5) is 24.1. The predicted molar refractivity (Wildman–Crippen MR) is 122 cm³/mol. The summed E-state index contributed by atoms with van der Waals surface area (Å²) in [6.45, 7) is 7.25. The number of hydrogen-bond acceptors (Lipinski definition) is 4. The number of benzene rings is 1. The fourth-order valence-corrected chi connectivity index (χ4v) is 3.63. The molecule has 0 radical (unpaired) electrons. The van der Waals surface area contributed by atoms with Crippen LogP contribution in [0.1, 0.15) is 53.9 Å². The van der Waals surface area contributed by atoms with E-state index in [4.69, 9.17) is 0 Å². The topological polar surface area (TPSA) is 63.9 Å². The van der Waals surface area contributed by atoms with E-state index >= 15 is 0 Å². The van der Waals surface area contributed by atoms with Gasteiger partial charge in [0, 0.05) is 43.1 Å². The van der Waals surface area contributed by atoms with Crippen LogP contribution in [0, 0.1) is 0 Å². The molecule has 3 aromatic heterocycles. The summed E-state index contributed by atoms with van der Waals surface area (Å²) in [5, 5.41) is 5.28. The van der Waals surface area contributed by atoms with Gasteiger partial charge in [0.15, 0.2) is 5.65 Å². The molecule has 0 aliphatic rings. The summed E-state index contributed by atoms with van der Waals surface area (Å²) in [5.74, 6) is -0.0601. The Bertz CT molecular complexity index is 1170. The number of carbonyl (C=O) groups excluding carboxylic acids is 1. The first-order chi connectivity index (χ1) is 15.0. The molecule has 158 valence electrons. The minimum absolute atomic E-state index is 0.0601. The van der Waals surface area contributed by atoms with Crippen LogP contribution in [0.15, 0.2) is 67.3 Å². The highest BCUT2D eigenvalue weighted by Crippen LogP contribution is 2.20. The second kappa shape index (κ2) is 9.08. The van der Waals surface area contributed by atoms with E-state index in [1.165, 1.54) is 5.56 Å². The van der Waals surface area contributed by atoms with Gasteiger partial charge in [0.25, 0.3) is 5.91 Å². The van der Waals surface area contributed by atoms with E-state index in [-0.39, 0.29) is 11.9 Å². The third-order valence-electron chi connectivity index (χ3n) is 5.36. The second-order valence-corrected chi connectivity index (χ2v) is 8.01. The number of amides is 1. The molecule has 0 fully saturated rings. The number of hydrogen-bond donors (Lipinski definition) is 0. The summed E-state index contributed by atoms with van der Waals surface area (Å²) >= 11 is 0. The van der Waals surface area contributed by atoms with E-state index < -0.39 is 0 Å². The molecule has 0 saturated heterocycles. The van der Waals surface area contributed by atoms with Crippen LogP contribution in [0.25, 0.3) is 11.0 Å². The van der Waals surface area contributed by atoms with Crippen molar-refractivity contribution < 1.29 is 4.79 Å². The van der Waals surface area contributed by atoms with Gasteiger partial charge in [0.2, 0.25) is 0 Å². The smallest absolute Gasteiger partial charge is 0.256 e. The van der Waals surface area contributed by atoms with E-state index in [9.17, 15) is 4.79 Å². The van der Waals surface area contributed by atoms with Gasteiger partial charge >= 0.3 is 0 Å². The SMILES string of the molecule is CCc1ccc(CN(Cc2cccnc2)C(=O)c2cnc3c(cnn3C(C)C)c2)cc1. The van der Waals surface area contributed by atoms with Crippen LogP contribution in [-0.4, -0.2) is 30.6 Å². The molecule has 0 N–H and O–H groups in total. The van der Waals surface area contributed by atoms with Gasteiger partial charge in [-0.2, -0.15) is 5.10 Å². The van der Waals surface area contributed by atoms with E-state index in [2.05, 4.69) is 60.1 Å². The fourth-order valence-electron chi connectivity index (χ4n) is 3.63. The molecule has 31 heavy (non-hydrogen) atoms. The molecule has 3 heterocycles. The molecule has 0 bridgehead atoms. The zero-order chi connectivity index (χ0) is 21.8. The van der Waals surface area contributed by atoms with Crippen LogP contribution in [0.4, 0.5) is 0 Å². The van der Waals surface area contributed by atoms with Gasteiger partial charge in [0.05, 0.1) is 11.8 Å². The lowest BCUT2D eigenvalue weighted by atomic mass is 10.1. The Morgan fingerprint density at radius 1 is 1.00 bits per heavy atom. The summed E-state index contributed by atoms with van der Waals surface area (Å²) in [6, 6.07) is 14.4. The van der Waals surface area contributed by atoms with Crippen molar-refractivity contribution in [1.82, 2.24) is 24.6 Å². The number of pyridine rings is 2. The summed E-state index contributed by atoms with van der Waals surface area (Å²) in [7, 11) is 0. The van der Waals surface area contributed by atoms with Crippen molar-refractivity contribution in [1.29, 1.82) is 0 Å². The van der Waals surface area contributed by atoms with Gasteiger partial charge in [-0.05, 0) is 49.1 Å². The molecule has 6 heteroatoms. The van der Waals surface area contributed by atoms with Crippen LogP contribution in [0.3, 0.4) is 0 Å². The quantitative estimate of drug-likeness (QED) is 0.436. The Morgan fingerprint density at radius 3 is 2.42 bits per heavy atom. The van der Waals surface area contributed by atoms with E-state index in [1.54, 1.807) is 24.8 Å². The highest BCUT2D eigenvalue weighted by atomic mass is 16.2. The highest BCUT2D eigenvalue weighted by molar-refractivity contribution is 5.96. The first-order valence-electron chi connectivity index (χ1n) is 10.6. The minimum atomic E-state index is -0.0601. The maximum Gasteiger partial charge on any atom is 0.256 e. The van der Waals surface area contributed by atoms with E-state index in [1.807, 2.05) is 27.8 Å². The lowest BCUT2D eigenvalue weighted by Gasteiger charge is -2.23. The molecule has 0 spiro atoms. The second-order valence-electron chi connectivity index (χ2n) is 8.01. The van der Waals surface area contributed by atoms with Gasteiger partial charge in [0.1, 0.15) is 0 Å². The maximum atomic E-state index is 13.5. The predicted octanol–water partition coefficient (Wildman–Crippen LogP) is 4.81. The third-order valence-corrected chi connectivity index (χ3v) is 5.36. The third kappa shape index (κ3) is 4.63. The summed E-state index contributed by atoms with van der Waals surface area (Å²) in [6.07, 6.45) is 7.96. The lowest BCUT2D eigenvalue weighted by Crippen LogP contribution is -2.30. The monoisotopic (exact) mass is 413 g/mol. The van der Waals surface area contributed by atoms with E-state index in [0.717, 1.165) is 28.6 Å². The maximum absolute atomic E-state index is 13.5. The molecule has 0 saturated carbocycles. The molecular formula is C25H27N5O. The summed E-state index contributed by atoms with van der Waals surface area (Å²) in [5.41, 5.74) is 4.72. The van der Waals surface area contributed by atoms with Crippen LogP contribution in [-0.2, 0) is 19.5 Å². The molecule has 0 aliphatic heterocycles. The molecule has 4 aromatic rings. The van der Waals surface area contributed by atoms with E-state index in [0.29, 0.717) is 18.7 Å². The average molecular weight is 414 g/mol. The van der Waals surface area contributed by atoms with Gasteiger partial charge in [-0.15, -0.1) is 0 Å². The Hall–Kier alpha value is -3.54. The number of carbonyl (C=O) groups is 1. The molecule has 0 aliphatic carbocycles. The normalized spacial score (nSPS) is 11.2. The summed E-state index contributed by atoms with van der Waals surface area (Å²) < 4.78 is 1.87. The highest BCUT2D eigenvalue weighted by Gasteiger charge is 2.19. The molecule has 1 aromatic carbocycles. The van der Waals surface area contributed by atoms with Crippen LogP contribution in [0.5, 0.6) is 0 Å². The Morgan fingerprint density at radius 2 is 1.74 bits per heavy atom. The van der Waals surface area contributed by atoms with Crippen molar-refractivity contribution >= 4 is 16.9 Å². The van der Waals surface area contributed by atoms with Crippen molar-refractivity contribution in [3.63, 3.8) is 0 Å². The van der Waals surface area contributed by atoms with Crippen molar-refractivity contribution in [2.24, 2.45) is 0 Å². The zero-order valence-electron chi connectivity index (χ0n) is 18.2. The van der Waals surface area contributed by atoms with Crippen LogP contribution in [0.2, 0.25) is 0 Å². The molecule has 6 nitrogen and oxygen atoms in total. The molecule has 1 amide bonds. The first kappa shape index (κ1) is 20.7. The van der Waals surface area contributed by atoms with Gasteiger partial charge in [-0.1, -0.05) is 37.3 Å². The molecular weight excluding hydrogens is 386 g/mol. The zero-order valence-corrected chi connectivity index (χ0v) is 18.2. The Kier molecular flexibility index (Phi) is 6.07. The number of fused-ring (bicyclic) bond motifs is 1. The van der Waals surface area contributed by atoms with Crippen molar-refractivity contribution in [2.75, 3.05) is 0 Å². The number of aryl methyl sites for hydroxylation is 1. The van der Waals surface area contributed by atoms with Crippen LogP contribution < -0.4 is 0 Å². The van der Waals surface area contributed by atoms with Gasteiger partial charge in [-0.3, -0.25) is 9.78 Å². The molecule has 0 unspecified atom stereocenters. The van der Waals surface area contributed by atoms with Crippen LogP contribution >= 0.6 is 0 Å². The largest absolute Gasteiger partial charge is 0.330 e. The van der Waals surface area contributed by atoms with Crippen molar-refractivity contribution in [3.05, 3.63) is 89.5 Å². The lowest BCUT2D eigenvalue weighted by molar-refractivity contribution is 0.0729. The Balaban J connectivity index is 1.64. The van der Waals surface area contributed by atoms with Gasteiger partial charge < -0.3 is 4.90 Å². The molecule has 0 atom stereocenters. The number of rotatable bonds is 7.